The van der Waals surface area contributed by atoms with Crippen molar-refractivity contribution in [3.05, 3.63) is 65.2 Å². The van der Waals surface area contributed by atoms with Gasteiger partial charge in [-0.05, 0) is 24.6 Å². The summed E-state index contributed by atoms with van der Waals surface area (Å²) in [5.41, 5.74) is 1.66. The number of hydrogen-bond acceptors (Lipinski definition) is 5. The minimum Gasteiger partial charge on any atom is -0.283 e. The van der Waals surface area contributed by atoms with Crippen molar-refractivity contribution in [1.82, 2.24) is 14.5 Å². The highest BCUT2D eigenvalue weighted by molar-refractivity contribution is 7.90. The molecule has 3 rings (SSSR count). The molecule has 0 atom stereocenters. The molecular formula is C18H17N3O3S. The molecule has 1 aromatic carbocycles. The van der Waals surface area contributed by atoms with Gasteiger partial charge < -0.3 is 0 Å². The maximum Gasteiger partial charge on any atom is 0.262 e. The second-order valence-corrected chi connectivity index (χ2v) is 7.45. The van der Waals surface area contributed by atoms with E-state index in [-0.39, 0.29) is 17.3 Å². The quantitative estimate of drug-likeness (QED) is 0.671. The van der Waals surface area contributed by atoms with Gasteiger partial charge in [-0.1, -0.05) is 30.3 Å². The van der Waals surface area contributed by atoms with Gasteiger partial charge in [0.1, 0.15) is 0 Å². The summed E-state index contributed by atoms with van der Waals surface area (Å²) < 4.78 is 25.5. The molecule has 0 aliphatic carbocycles. The lowest BCUT2D eigenvalue weighted by atomic mass is 10.0. The molecule has 0 saturated heterocycles. The van der Waals surface area contributed by atoms with Crippen molar-refractivity contribution < 1.29 is 8.42 Å². The number of nitrogens with zero attached hydrogens (tertiary/aromatic N) is 3. The molecule has 128 valence electrons. The van der Waals surface area contributed by atoms with Gasteiger partial charge in [0, 0.05) is 30.8 Å². The largest absolute Gasteiger partial charge is 0.283 e. The Morgan fingerprint density at radius 3 is 2.20 bits per heavy atom. The van der Waals surface area contributed by atoms with Crippen molar-refractivity contribution in [2.75, 3.05) is 6.26 Å². The molecule has 0 saturated carbocycles. The van der Waals surface area contributed by atoms with Crippen LogP contribution in [0.3, 0.4) is 0 Å². The number of sulfone groups is 1. The summed E-state index contributed by atoms with van der Waals surface area (Å²) in [4.78, 5) is 21.4. The second kappa shape index (κ2) is 6.60. The van der Waals surface area contributed by atoms with Gasteiger partial charge in [-0.25, -0.2) is 13.4 Å². The van der Waals surface area contributed by atoms with Crippen LogP contribution >= 0.6 is 0 Å². The molecule has 0 aliphatic rings. The van der Waals surface area contributed by atoms with Gasteiger partial charge in [-0.2, -0.15) is 0 Å². The Balaban J connectivity index is 2.47. The molecule has 3 aromatic rings. The molecular weight excluding hydrogens is 338 g/mol. The van der Waals surface area contributed by atoms with Crippen LogP contribution in [0.4, 0.5) is 0 Å². The molecule has 0 unspecified atom stereocenters. The van der Waals surface area contributed by atoms with Crippen molar-refractivity contribution in [1.29, 1.82) is 0 Å². The van der Waals surface area contributed by atoms with Crippen molar-refractivity contribution in [3.8, 4) is 22.4 Å². The van der Waals surface area contributed by atoms with E-state index in [0.717, 1.165) is 6.26 Å². The van der Waals surface area contributed by atoms with Gasteiger partial charge >= 0.3 is 0 Å². The molecule has 0 spiro atoms. The van der Waals surface area contributed by atoms with Crippen LogP contribution in [0.5, 0.6) is 0 Å². The van der Waals surface area contributed by atoms with Gasteiger partial charge in [-0.3, -0.25) is 14.3 Å². The van der Waals surface area contributed by atoms with Crippen LogP contribution in [0.25, 0.3) is 22.4 Å². The zero-order valence-electron chi connectivity index (χ0n) is 13.9. The highest BCUT2D eigenvalue weighted by atomic mass is 32.2. The van der Waals surface area contributed by atoms with Crippen LogP contribution in [-0.4, -0.2) is 29.2 Å². The molecule has 0 bridgehead atoms. The molecule has 6 nitrogen and oxygen atoms in total. The summed E-state index contributed by atoms with van der Waals surface area (Å²) in [7, 11) is -3.66. The van der Waals surface area contributed by atoms with Crippen LogP contribution in [-0.2, 0) is 16.4 Å². The maximum atomic E-state index is 13.1. The first-order valence-electron chi connectivity index (χ1n) is 7.74. The summed E-state index contributed by atoms with van der Waals surface area (Å²) in [5.74, 6) is 0. The number of hydrogen-bond donors (Lipinski definition) is 0. The monoisotopic (exact) mass is 355 g/mol. The predicted molar refractivity (Wildman–Crippen MR) is 95.9 cm³/mol. The fourth-order valence-electron chi connectivity index (χ4n) is 2.68. The smallest absolute Gasteiger partial charge is 0.262 e. The molecule has 0 radical (unpaired) electrons. The van der Waals surface area contributed by atoms with Crippen molar-refractivity contribution in [2.24, 2.45) is 0 Å². The number of rotatable bonds is 4. The fraction of sp³-hybridized carbons (Fsp3) is 0.167. The van der Waals surface area contributed by atoms with E-state index in [9.17, 15) is 13.2 Å². The van der Waals surface area contributed by atoms with Crippen molar-refractivity contribution >= 4 is 9.84 Å². The Bertz CT molecular complexity index is 1060. The topological polar surface area (TPSA) is 81.9 Å². The van der Waals surface area contributed by atoms with Crippen LogP contribution in [0.2, 0.25) is 0 Å². The average Bonchev–Trinajstić information content (AvgIpc) is 2.61. The standard InChI is InChI=1S/C18H17N3O3S/c1-3-21-17(22)15(13-7-5-4-6-8-13)16(14-9-11-19-12-10-14)20-18(21)25(2,23)24/h4-12H,3H2,1-2H3. The maximum absolute atomic E-state index is 13.1. The number of aromatic nitrogens is 3. The van der Waals surface area contributed by atoms with Crippen LogP contribution in [0.15, 0.2) is 64.8 Å². The lowest BCUT2D eigenvalue weighted by Gasteiger charge is -2.15. The zero-order chi connectivity index (χ0) is 18.0. The first kappa shape index (κ1) is 17.0. The van der Waals surface area contributed by atoms with E-state index in [1.807, 2.05) is 30.3 Å². The average molecular weight is 355 g/mol. The van der Waals surface area contributed by atoms with E-state index in [4.69, 9.17) is 0 Å². The van der Waals surface area contributed by atoms with E-state index in [1.54, 1.807) is 31.5 Å². The molecule has 2 heterocycles. The summed E-state index contributed by atoms with van der Waals surface area (Å²) in [5, 5.41) is -0.230. The fourth-order valence-corrected chi connectivity index (χ4v) is 3.55. The lowest BCUT2D eigenvalue weighted by molar-refractivity contribution is 0.557. The Labute approximate surface area is 145 Å². The van der Waals surface area contributed by atoms with Crippen LogP contribution in [0.1, 0.15) is 6.92 Å². The Morgan fingerprint density at radius 1 is 1.00 bits per heavy atom. The summed E-state index contributed by atoms with van der Waals surface area (Å²) in [6, 6.07) is 12.5. The summed E-state index contributed by atoms with van der Waals surface area (Å²) >= 11 is 0. The minimum atomic E-state index is -3.66. The molecule has 25 heavy (non-hydrogen) atoms. The van der Waals surface area contributed by atoms with E-state index in [1.165, 1.54) is 4.57 Å². The molecule has 0 amide bonds. The minimum absolute atomic E-state index is 0.213. The normalized spacial score (nSPS) is 11.4. The van der Waals surface area contributed by atoms with Crippen LogP contribution in [0, 0.1) is 0 Å². The van der Waals surface area contributed by atoms with E-state index in [2.05, 4.69) is 9.97 Å². The Hall–Kier alpha value is -2.80. The Morgan fingerprint density at radius 2 is 1.64 bits per heavy atom. The third-order valence-electron chi connectivity index (χ3n) is 3.80. The van der Waals surface area contributed by atoms with E-state index in [0.29, 0.717) is 22.4 Å². The predicted octanol–water partition coefficient (Wildman–Crippen LogP) is 2.40. The highest BCUT2D eigenvalue weighted by Crippen LogP contribution is 2.28. The van der Waals surface area contributed by atoms with Gasteiger partial charge in [0.2, 0.25) is 15.0 Å². The first-order valence-corrected chi connectivity index (χ1v) is 9.63. The summed E-state index contributed by atoms with van der Waals surface area (Å²) in [6.07, 6.45) is 4.22. The Kier molecular flexibility index (Phi) is 4.50. The SMILES string of the molecule is CCn1c(S(C)(=O)=O)nc(-c2ccncc2)c(-c2ccccc2)c1=O. The third kappa shape index (κ3) is 3.23. The lowest BCUT2D eigenvalue weighted by Crippen LogP contribution is -2.28. The van der Waals surface area contributed by atoms with Gasteiger partial charge in [0.15, 0.2) is 0 Å². The van der Waals surface area contributed by atoms with Crippen LogP contribution < -0.4 is 5.56 Å². The molecule has 2 aromatic heterocycles. The first-order chi connectivity index (χ1) is 11.9. The second-order valence-electron chi connectivity index (χ2n) is 5.54. The van der Waals surface area contributed by atoms with Gasteiger partial charge in [0.25, 0.3) is 5.56 Å². The molecule has 0 fully saturated rings. The van der Waals surface area contributed by atoms with Gasteiger partial charge in [-0.15, -0.1) is 0 Å². The summed E-state index contributed by atoms with van der Waals surface area (Å²) in [6.45, 7) is 1.93. The van der Waals surface area contributed by atoms with E-state index < -0.39 is 9.84 Å². The van der Waals surface area contributed by atoms with Crippen molar-refractivity contribution in [3.63, 3.8) is 0 Å². The highest BCUT2D eigenvalue weighted by Gasteiger charge is 2.23. The van der Waals surface area contributed by atoms with E-state index >= 15 is 0 Å². The molecule has 0 aliphatic heterocycles. The van der Waals surface area contributed by atoms with Gasteiger partial charge in [0.05, 0.1) is 11.3 Å². The zero-order valence-corrected chi connectivity index (χ0v) is 14.7. The number of benzene rings is 1. The molecule has 7 heteroatoms. The molecule has 0 N–H and O–H groups in total. The number of pyridine rings is 1. The third-order valence-corrected chi connectivity index (χ3v) is 4.77. The van der Waals surface area contributed by atoms with Crippen molar-refractivity contribution in [2.45, 2.75) is 18.6 Å².